The summed E-state index contributed by atoms with van der Waals surface area (Å²) in [6, 6.07) is 4.20. The molecule has 1 radical (unpaired) electrons. The van der Waals surface area contributed by atoms with Gasteiger partial charge in [0, 0.05) is 0 Å². The monoisotopic (exact) mass is 275 g/mol. The second-order valence-corrected chi connectivity index (χ2v) is 6.57. The second-order valence-electron chi connectivity index (χ2n) is 6.57. The number of fused-ring (bicyclic) bond motifs is 1. The largest absolute Gasteiger partial charge is 0.493 e. The molecule has 0 atom stereocenters. The van der Waals surface area contributed by atoms with Crippen LogP contribution in [0.3, 0.4) is 0 Å². The van der Waals surface area contributed by atoms with E-state index in [-0.39, 0.29) is 0 Å². The molecule has 1 aromatic rings. The summed E-state index contributed by atoms with van der Waals surface area (Å²) in [5, 5.41) is 10.1. The molecule has 0 unspecified atom stereocenters. The van der Waals surface area contributed by atoms with Crippen molar-refractivity contribution in [2.24, 2.45) is 0 Å². The van der Waals surface area contributed by atoms with E-state index in [9.17, 15) is 5.11 Å². The molecule has 1 aromatic carbocycles. The minimum atomic E-state index is -0.908. The Labute approximate surface area is 122 Å². The molecule has 0 bridgehead atoms. The third kappa shape index (κ3) is 3.18. The molecule has 1 N–H and O–H groups in total. The van der Waals surface area contributed by atoms with E-state index < -0.39 is 11.2 Å². The van der Waals surface area contributed by atoms with Gasteiger partial charge in [0.25, 0.3) is 0 Å². The van der Waals surface area contributed by atoms with Gasteiger partial charge in [0.1, 0.15) is 5.75 Å². The molecule has 4 heteroatoms. The van der Waals surface area contributed by atoms with E-state index in [0.717, 1.165) is 36.2 Å². The molecule has 0 aromatic heterocycles. The highest BCUT2D eigenvalue weighted by atomic mass is 16.5. The van der Waals surface area contributed by atoms with Crippen LogP contribution in [0.2, 0.25) is 0 Å². The van der Waals surface area contributed by atoms with Crippen LogP contribution >= 0.6 is 0 Å². The van der Waals surface area contributed by atoms with Crippen molar-refractivity contribution < 1.29 is 14.5 Å². The molecule has 109 valence electrons. The van der Waals surface area contributed by atoms with E-state index in [1.807, 2.05) is 20.8 Å². The topological polar surface area (TPSA) is 38.7 Å². The third-order valence-electron chi connectivity index (χ3n) is 4.25. The average molecular weight is 275 g/mol. The van der Waals surface area contributed by atoms with Gasteiger partial charge in [-0.25, -0.2) is 0 Å². The highest BCUT2D eigenvalue weighted by Crippen LogP contribution is 2.26. The van der Waals surface area contributed by atoms with Gasteiger partial charge < -0.3 is 14.5 Å². The quantitative estimate of drug-likeness (QED) is 0.855. The maximum absolute atomic E-state index is 10.1. The molecule has 1 aliphatic rings. The summed E-state index contributed by atoms with van der Waals surface area (Å²) < 4.78 is 11.5. The summed E-state index contributed by atoms with van der Waals surface area (Å²) in [5.41, 5.74) is 1.85. The highest BCUT2D eigenvalue weighted by Gasteiger charge is 2.35. The van der Waals surface area contributed by atoms with Gasteiger partial charge in [0.2, 0.25) is 0 Å². The summed E-state index contributed by atoms with van der Waals surface area (Å²) in [6.07, 6.45) is 2.11. The summed E-state index contributed by atoms with van der Waals surface area (Å²) in [6.45, 7) is 10.1. The standard InChI is InChI=1S/C16H24BO3/c1-11-9-14-12(7-6-8-19-14)10-13(11)17-20-16(4,5)15(2,3)18/h9-10,18H,6-8H2,1-5H3. The molecule has 0 amide bonds. The summed E-state index contributed by atoms with van der Waals surface area (Å²) in [4.78, 5) is 0. The van der Waals surface area contributed by atoms with Crippen molar-refractivity contribution in [1.29, 1.82) is 0 Å². The van der Waals surface area contributed by atoms with Crippen molar-refractivity contribution in [3.05, 3.63) is 23.3 Å². The minimum absolute atomic E-state index is 0.647. The number of aryl methyl sites for hydroxylation is 2. The van der Waals surface area contributed by atoms with Gasteiger partial charge in [-0.15, -0.1) is 0 Å². The Bertz CT molecular complexity index is 489. The van der Waals surface area contributed by atoms with Crippen molar-refractivity contribution in [1.82, 2.24) is 0 Å². The molecule has 1 heterocycles. The number of aliphatic hydroxyl groups is 1. The Morgan fingerprint density at radius 2 is 1.95 bits per heavy atom. The fourth-order valence-corrected chi connectivity index (χ4v) is 2.00. The van der Waals surface area contributed by atoms with Gasteiger partial charge in [0.15, 0.2) is 0 Å². The molecule has 1 aliphatic heterocycles. The van der Waals surface area contributed by atoms with Crippen LogP contribution in [0, 0.1) is 6.92 Å². The predicted molar refractivity (Wildman–Crippen MR) is 81.8 cm³/mol. The van der Waals surface area contributed by atoms with E-state index in [4.69, 9.17) is 9.39 Å². The lowest BCUT2D eigenvalue weighted by molar-refractivity contribution is -0.0893. The van der Waals surface area contributed by atoms with Gasteiger partial charge in [0.05, 0.1) is 17.8 Å². The Balaban J connectivity index is 2.14. The van der Waals surface area contributed by atoms with Crippen LogP contribution in [0.1, 0.15) is 45.2 Å². The first-order chi connectivity index (χ1) is 9.21. The van der Waals surface area contributed by atoms with Crippen molar-refractivity contribution >= 4 is 12.9 Å². The second kappa shape index (κ2) is 5.42. The van der Waals surface area contributed by atoms with Gasteiger partial charge in [-0.05, 0) is 59.1 Å². The lowest BCUT2D eigenvalue weighted by Crippen LogP contribution is -2.49. The third-order valence-corrected chi connectivity index (χ3v) is 4.25. The molecule has 0 spiro atoms. The molecule has 0 aliphatic carbocycles. The van der Waals surface area contributed by atoms with E-state index in [1.54, 1.807) is 21.3 Å². The SMILES string of the molecule is Cc1cc2c(cc1[B]OC(C)(C)C(C)(C)O)CCCO2. The normalized spacial score (nSPS) is 15.5. The van der Waals surface area contributed by atoms with Crippen LogP contribution in [0.25, 0.3) is 0 Å². The molecule has 0 fully saturated rings. The zero-order valence-electron chi connectivity index (χ0n) is 13.1. The van der Waals surface area contributed by atoms with Crippen LogP contribution in [0.5, 0.6) is 5.75 Å². The first kappa shape index (κ1) is 15.4. The molecule has 0 saturated heterocycles. The zero-order chi connectivity index (χ0) is 15.0. The summed E-state index contributed by atoms with van der Waals surface area (Å²) in [5.74, 6) is 0.993. The molecule has 0 saturated carbocycles. The van der Waals surface area contributed by atoms with Gasteiger partial charge in [-0.2, -0.15) is 0 Å². The Hall–Kier alpha value is -0.995. The smallest absolute Gasteiger partial charge is 0.331 e. The fraction of sp³-hybridized carbons (Fsp3) is 0.625. The number of hydrogen-bond donors (Lipinski definition) is 1. The predicted octanol–water partition coefficient (Wildman–Crippen LogP) is 2.13. The van der Waals surface area contributed by atoms with E-state index >= 15 is 0 Å². The zero-order valence-corrected chi connectivity index (χ0v) is 13.1. The number of rotatable bonds is 4. The molecular formula is C16H24BO3. The Kier molecular flexibility index (Phi) is 4.17. The van der Waals surface area contributed by atoms with E-state index in [0.29, 0.717) is 0 Å². The fourth-order valence-electron chi connectivity index (χ4n) is 2.00. The number of benzene rings is 1. The van der Waals surface area contributed by atoms with Crippen LogP contribution in [0.15, 0.2) is 12.1 Å². The summed E-state index contributed by atoms with van der Waals surface area (Å²) >= 11 is 0. The Morgan fingerprint density at radius 1 is 1.25 bits per heavy atom. The van der Waals surface area contributed by atoms with Gasteiger partial charge >= 0.3 is 7.48 Å². The van der Waals surface area contributed by atoms with Crippen molar-refractivity contribution in [2.45, 2.75) is 58.7 Å². The molecule has 20 heavy (non-hydrogen) atoms. The summed E-state index contributed by atoms with van der Waals surface area (Å²) in [7, 11) is 1.75. The first-order valence-electron chi connectivity index (χ1n) is 7.20. The lowest BCUT2D eigenvalue weighted by atomic mass is 9.79. The highest BCUT2D eigenvalue weighted by molar-refractivity contribution is 6.47. The van der Waals surface area contributed by atoms with Crippen molar-refractivity contribution in [3.8, 4) is 5.75 Å². The van der Waals surface area contributed by atoms with Gasteiger partial charge in [-0.1, -0.05) is 17.1 Å². The van der Waals surface area contributed by atoms with Crippen LogP contribution in [-0.4, -0.2) is 30.4 Å². The lowest BCUT2D eigenvalue weighted by Gasteiger charge is -2.37. The number of ether oxygens (including phenoxy) is 1. The van der Waals surface area contributed by atoms with Crippen molar-refractivity contribution in [2.75, 3.05) is 6.61 Å². The van der Waals surface area contributed by atoms with Crippen LogP contribution < -0.4 is 10.2 Å². The Morgan fingerprint density at radius 3 is 2.60 bits per heavy atom. The molecule has 3 nitrogen and oxygen atoms in total. The van der Waals surface area contributed by atoms with Crippen molar-refractivity contribution in [3.63, 3.8) is 0 Å². The minimum Gasteiger partial charge on any atom is -0.493 e. The van der Waals surface area contributed by atoms with E-state index in [2.05, 4.69) is 12.1 Å². The van der Waals surface area contributed by atoms with Gasteiger partial charge in [-0.3, -0.25) is 0 Å². The van der Waals surface area contributed by atoms with Crippen LogP contribution in [0.4, 0.5) is 0 Å². The van der Waals surface area contributed by atoms with Crippen LogP contribution in [-0.2, 0) is 11.1 Å². The average Bonchev–Trinajstić information content (AvgIpc) is 2.35. The number of hydrogen-bond acceptors (Lipinski definition) is 3. The first-order valence-corrected chi connectivity index (χ1v) is 7.20. The van der Waals surface area contributed by atoms with E-state index in [1.165, 1.54) is 5.56 Å². The maximum Gasteiger partial charge on any atom is 0.331 e. The molecule has 2 rings (SSSR count). The molecular weight excluding hydrogens is 251 g/mol. The maximum atomic E-state index is 10.1.